The van der Waals surface area contributed by atoms with Crippen LogP contribution >= 0.6 is 0 Å². The topological polar surface area (TPSA) is 101 Å². The van der Waals surface area contributed by atoms with Gasteiger partial charge in [0.25, 0.3) is 11.8 Å². The van der Waals surface area contributed by atoms with Gasteiger partial charge in [-0.25, -0.2) is 4.39 Å². The van der Waals surface area contributed by atoms with Gasteiger partial charge in [-0.1, -0.05) is 6.92 Å². The van der Waals surface area contributed by atoms with E-state index in [1.165, 1.54) is 32.4 Å². The van der Waals surface area contributed by atoms with Gasteiger partial charge in [0.05, 0.1) is 18.3 Å². The number of benzene rings is 1. The highest BCUT2D eigenvalue weighted by Crippen LogP contribution is 2.35. The molecule has 3 N–H and O–H groups in total. The van der Waals surface area contributed by atoms with E-state index in [1.807, 2.05) is 6.92 Å². The van der Waals surface area contributed by atoms with Gasteiger partial charge in [0.1, 0.15) is 12.4 Å². The Morgan fingerprint density at radius 3 is 2.66 bits per heavy atom. The molecule has 0 bridgehead atoms. The fraction of sp³-hybridized carbons (Fsp3) is 0.238. The summed E-state index contributed by atoms with van der Waals surface area (Å²) < 4.78 is 23.9. The Morgan fingerprint density at radius 1 is 1.24 bits per heavy atom. The Morgan fingerprint density at radius 2 is 2.00 bits per heavy atom. The number of aliphatic hydroxyl groups excluding tert-OH is 1. The number of hydrogen-bond acceptors (Lipinski definition) is 5. The number of allylic oxidation sites excluding steroid dienone is 1. The Balaban J connectivity index is 2.24. The average molecular weight is 400 g/mol. The van der Waals surface area contributed by atoms with E-state index in [4.69, 9.17) is 9.47 Å². The van der Waals surface area contributed by atoms with Crippen LogP contribution in [0.2, 0.25) is 0 Å². The van der Waals surface area contributed by atoms with Crippen LogP contribution in [0.1, 0.15) is 18.9 Å². The van der Waals surface area contributed by atoms with Crippen molar-refractivity contribution in [3.05, 3.63) is 64.5 Å². The maximum absolute atomic E-state index is 13.8. The molecule has 29 heavy (non-hydrogen) atoms. The summed E-state index contributed by atoms with van der Waals surface area (Å²) >= 11 is 0. The fourth-order valence-corrected chi connectivity index (χ4v) is 3.30. The number of aromatic nitrogens is 1. The third kappa shape index (κ3) is 3.79. The van der Waals surface area contributed by atoms with Crippen LogP contribution in [0, 0.1) is 5.82 Å². The molecule has 0 saturated heterocycles. The molecule has 0 aliphatic carbocycles. The molecular formula is C21H21FN2O5. The van der Waals surface area contributed by atoms with Gasteiger partial charge in [-0.15, -0.1) is 0 Å². The van der Waals surface area contributed by atoms with Gasteiger partial charge >= 0.3 is 0 Å². The lowest BCUT2D eigenvalue weighted by molar-refractivity contribution is -0.123. The SMILES string of the molecule is CC/C(=C\C(OC)=C(\O)COC)C1=C(c2c[nH]c3ccc(F)cc23)C(=O)NC1=O. The highest BCUT2D eigenvalue weighted by Gasteiger charge is 2.34. The van der Waals surface area contributed by atoms with Crippen LogP contribution in [0.15, 0.2) is 53.1 Å². The number of methoxy groups -OCH3 is 2. The number of H-pyrrole nitrogens is 1. The van der Waals surface area contributed by atoms with Crippen molar-refractivity contribution in [3.63, 3.8) is 0 Å². The Bertz CT molecular complexity index is 1080. The van der Waals surface area contributed by atoms with Crippen molar-refractivity contribution in [1.82, 2.24) is 10.3 Å². The van der Waals surface area contributed by atoms with E-state index in [2.05, 4.69) is 10.3 Å². The number of hydrogen-bond donors (Lipinski definition) is 3. The van der Waals surface area contributed by atoms with E-state index in [-0.39, 0.29) is 29.3 Å². The first-order valence-corrected chi connectivity index (χ1v) is 8.94. The molecule has 2 heterocycles. The molecule has 3 rings (SSSR count). The third-order valence-electron chi connectivity index (χ3n) is 4.64. The zero-order valence-corrected chi connectivity index (χ0v) is 16.3. The zero-order chi connectivity index (χ0) is 21.1. The summed E-state index contributed by atoms with van der Waals surface area (Å²) in [6.07, 6.45) is 3.45. The summed E-state index contributed by atoms with van der Waals surface area (Å²) in [4.78, 5) is 28.2. The summed E-state index contributed by atoms with van der Waals surface area (Å²) in [5.74, 6) is -1.62. The molecule has 0 unspecified atom stereocenters. The number of amides is 2. The van der Waals surface area contributed by atoms with Gasteiger partial charge in [-0.2, -0.15) is 0 Å². The van der Waals surface area contributed by atoms with Crippen LogP contribution in [-0.2, 0) is 19.1 Å². The van der Waals surface area contributed by atoms with E-state index in [1.54, 1.807) is 12.3 Å². The van der Waals surface area contributed by atoms with Crippen molar-refractivity contribution in [2.75, 3.05) is 20.8 Å². The number of aromatic amines is 1. The van der Waals surface area contributed by atoms with Gasteiger partial charge in [0.2, 0.25) is 0 Å². The number of nitrogens with one attached hydrogen (secondary N) is 2. The minimum atomic E-state index is -0.571. The molecular weight excluding hydrogens is 379 g/mol. The van der Waals surface area contributed by atoms with Crippen LogP contribution in [0.4, 0.5) is 4.39 Å². The molecule has 0 spiro atoms. The minimum absolute atomic E-state index is 0.0740. The maximum atomic E-state index is 13.8. The van der Waals surface area contributed by atoms with Crippen molar-refractivity contribution in [2.45, 2.75) is 13.3 Å². The summed E-state index contributed by atoms with van der Waals surface area (Å²) in [6, 6.07) is 4.18. The number of carbonyl (C=O) groups is 2. The lowest BCUT2D eigenvalue weighted by Crippen LogP contribution is -2.23. The summed E-state index contributed by atoms with van der Waals surface area (Å²) in [5.41, 5.74) is 1.83. The van der Waals surface area contributed by atoms with Crippen LogP contribution in [0.5, 0.6) is 0 Å². The summed E-state index contributed by atoms with van der Waals surface area (Å²) in [6.45, 7) is 1.73. The van der Waals surface area contributed by atoms with E-state index in [0.717, 1.165) is 0 Å². The number of fused-ring (bicyclic) bond motifs is 1. The molecule has 7 nitrogen and oxygen atoms in total. The predicted octanol–water partition coefficient (Wildman–Crippen LogP) is 3.12. The Hall–Kier alpha value is -3.39. The van der Waals surface area contributed by atoms with Crippen molar-refractivity contribution < 1.29 is 28.6 Å². The molecule has 1 aromatic carbocycles. The second-order valence-corrected chi connectivity index (χ2v) is 6.40. The van der Waals surface area contributed by atoms with Gasteiger partial charge in [-0.05, 0) is 36.3 Å². The zero-order valence-electron chi connectivity index (χ0n) is 16.3. The second kappa shape index (κ2) is 8.32. The monoisotopic (exact) mass is 400 g/mol. The van der Waals surface area contributed by atoms with E-state index >= 15 is 0 Å². The first-order valence-electron chi connectivity index (χ1n) is 8.94. The van der Waals surface area contributed by atoms with Crippen LogP contribution in [0.3, 0.4) is 0 Å². The standard InChI is InChI=1S/C21H21FN2O5/c1-4-11(7-17(29-3)16(25)10-28-2)18-19(21(27)24-20(18)26)14-9-23-15-6-5-12(22)8-13(14)15/h5-9,23,25H,4,10H2,1-3H3,(H,24,26,27)/b11-7+,17-16-. The van der Waals surface area contributed by atoms with Crippen LogP contribution in [0.25, 0.3) is 16.5 Å². The normalized spacial score (nSPS) is 15.8. The Labute approximate surface area is 166 Å². The molecule has 0 atom stereocenters. The number of rotatable bonds is 7. The molecule has 2 amide bonds. The molecule has 0 fully saturated rings. The quantitative estimate of drug-likeness (QED) is 0.377. The maximum Gasteiger partial charge on any atom is 0.259 e. The number of carbonyl (C=O) groups excluding carboxylic acids is 2. The number of halogens is 1. The van der Waals surface area contributed by atoms with Crippen molar-refractivity contribution in [3.8, 4) is 0 Å². The van der Waals surface area contributed by atoms with Gasteiger partial charge in [0, 0.05) is 29.8 Å². The third-order valence-corrected chi connectivity index (χ3v) is 4.64. The molecule has 2 aromatic rings. The van der Waals surface area contributed by atoms with E-state index < -0.39 is 17.6 Å². The Kier molecular flexibility index (Phi) is 5.84. The molecule has 8 heteroatoms. The number of ether oxygens (including phenoxy) is 2. The molecule has 1 aliphatic heterocycles. The first-order chi connectivity index (χ1) is 13.9. The first kappa shape index (κ1) is 20.3. The molecule has 1 aliphatic rings. The van der Waals surface area contributed by atoms with Crippen molar-refractivity contribution in [1.29, 1.82) is 0 Å². The van der Waals surface area contributed by atoms with Crippen LogP contribution < -0.4 is 5.32 Å². The number of aliphatic hydroxyl groups is 1. The van der Waals surface area contributed by atoms with Gasteiger partial charge < -0.3 is 19.6 Å². The molecule has 1 aromatic heterocycles. The van der Waals surface area contributed by atoms with Gasteiger partial charge in [0.15, 0.2) is 11.5 Å². The van der Waals surface area contributed by atoms with E-state index in [0.29, 0.717) is 28.5 Å². The number of imide groups is 1. The van der Waals surface area contributed by atoms with Crippen molar-refractivity contribution >= 4 is 28.3 Å². The van der Waals surface area contributed by atoms with Crippen LogP contribution in [-0.4, -0.2) is 42.7 Å². The van der Waals surface area contributed by atoms with Crippen molar-refractivity contribution in [2.24, 2.45) is 0 Å². The fourth-order valence-electron chi connectivity index (χ4n) is 3.30. The summed E-state index contributed by atoms with van der Waals surface area (Å²) in [5, 5.41) is 12.9. The average Bonchev–Trinajstić information content (AvgIpc) is 3.22. The molecule has 0 radical (unpaired) electrons. The molecule has 152 valence electrons. The van der Waals surface area contributed by atoms with E-state index in [9.17, 15) is 19.1 Å². The largest absolute Gasteiger partial charge is 0.506 e. The molecule has 0 saturated carbocycles. The second-order valence-electron chi connectivity index (χ2n) is 6.40. The lowest BCUT2D eigenvalue weighted by atomic mass is 9.94. The van der Waals surface area contributed by atoms with Gasteiger partial charge in [-0.3, -0.25) is 14.9 Å². The highest BCUT2D eigenvalue weighted by molar-refractivity contribution is 6.38. The lowest BCUT2D eigenvalue weighted by Gasteiger charge is -2.10. The smallest absolute Gasteiger partial charge is 0.259 e. The predicted molar refractivity (Wildman–Crippen MR) is 105 cm³/mol. The highest BCUT2D eigenvalue weighted by atomic mass is 19.1. The summed E-state index contributed by atoms with van der Waals surface area (Å²) in [7, 11) is 2.80. The minimum Gasteiger partial charge on any atom is -0.506 e.